The SMILES string of the molecule is CC(C)(CBr)COc1ccc(C(C)(C)C)cc1. The van der Waals surface area contributed by atoms with Crippen molar-refractivity contribution in [2.75, 3.05) is 11.9 Å². The Morgan fingerprint density at radius 3 is 1.94 bits per heavy atom. The summed E-state index contributed by atoms with van der Waals surface area (Å²) in [6.07, 6.45) is 0. The average molecular weight is 299 g/mol. The van der Waals surface area contributed by atoms with Crippen LogP contribution >= 0.6 is 15.9 Å². The molecule has 0 atom stereocenters. The molecule has 0 aliphatic carbocycles. The quantitative estimate of drug-likeness (QED) is 0.727. The molecule has 0 saturated heterocycles. The molecule has 0 radical (unpaired) electrons. The van der Waals surface area contributed by atoms with Crippen molar-refractivity contribution in [3.8, 4) is 5.75 Å². The maximum absolute atomic E-state index is 5.80. The minimum Gasteiger partial charge on any atom is -0.493 e. The van der Waals surface area contributed by atoms with Crippen LogP contribution in [0.4, 0.5) is 0 Å². The van der Waals surface area contributed by atoms with E-state index in [1.54, 1.807) is 0 Å². The molecule has 0 unspecified atom stereocenters. The molecule has 0 bridgehead atoms. The molecule has 0 aromatic heterocycles. The van der Waals surface area contributed by atoms with E-state index in [0.717, 1.165) is 17.7 Å². The van der Waals surface area contributed by atoms with Gasteiger partial charge in [0.1, 0.15) is 5.75 Å². The predicted octanol–water partition coefficient (Wildman–Crippen LogP) is 4.78. The molecule has 17 heavy (non-hydrogen) atoms. The summed E-state index contributed by atoms with van der Waals surface area (Å²) in [5.74, 6) is 0.951. The van der Waals surface area contributed by atoms with E-state index in [9.17, 15) is 0 Å². The summed E-state index contributed by atoms with van der Waals surface area (Å²) in [5, 5.41) is 0.945. The number of halogens is 1. The number of benzene rings is 1. The van der Waals surface area contributed by atoms with Crippen LogP contribution in [0.1, 0.15) is 40.2 Å². The number of alkyl halides is 1. The monoisotopic (exact) mass is 298 g/mol. The molecule has 1 aromatic rings. The molecule has 0 N–H and O–H groups in total. The lowest BCUT2D eigenvalue weighted by atomic mass is 9.87. The van der Waals surface area contributed by atoms with Crippen LogP contribution in [-0.4, -0.2) is 11.9 Å². The molecule has 0 amide bonds. The van der Waals surface area contributed by atoms with E-state index in [1.807, 2.05) is 0 Å². The Hall–Kier alpha value is -0.500. The van der Waals surface area contributed by atoms with Gasteiger partial charge in [-0.25, -0.2) is 0 Å². The minimum absolute atomic E-state index is 0.169. The third-order valence-electron chi connectivity index (χ3n) is 2.71. The van der Waals surface area contributed by atoms with E-state index < -0.39 is 0 Å². The van der Waals surface area contributed by atoms with Gasteiger partial charge in [-0.05, 0) is 23.1 Å². The molecule has 1 rings (SSSR count). The van der Waals surface area contributed by atoms with Crippen molar-refractivity contribution >= 4 is 15.9 Å². The van der Waals surface area contributed by atoms with Crippen LogP contribution in [0.15, 0.2) is 24.3 Å². The number of rotatable bonds is 4. The van der Waals surface area contributed by atoms with Crippen molar-refractivity contribution in [1.29, 1.82) is 0 Å². The summed E-state index contributed by atoms with van der Waals surface area (Å²) in [6.45, 7) is 11.8. The van der Waals surface area contributed by atoms with Gasteiger partial charge in [0.15, 0.2) is 0 Å². The first kappa shape index (κ1) is 14.6. The van der Waals surface area contributed by atoms with Gasteiger partial charge < -0.3 is 4.74 Å². The van der Waals surface area contributed by atoms with Gasteiger partial charge in [-0.1, -0.05) is 62.7 Å². The van der Waals surface area contributed by atoms with Gasteiger partial charge >= 0.3 is 0 Å². The van der Waals surface area contributed by atoms with Crippen LogP contribution in [0.5, 0.6) is 5.75 Å². The van der Waals surface area contributed by atoms with Crippen molar-refractivity contribution in [3.05, 3.63) is 29.8 Å². The Morgan fingerprint density at radius 1 is 1.00 bits per heavy atom. The fourth-order valence-electron chi connectivity index (χ4n) is 1.37. The number of hydrogen-bond donors (Lipinski definition) is 0. The molecule has 0 aliphatic rings. The second-order valence-corrected chi connectivity index (χ2v) is 6.92. The summed E-state index contributed by atoms with van der Waals surface area (Å²) in [7, 11) is 0. The van der Waals surface area contributed by atoms with Gasteiger partial charge in [0.05, 0.1) is 6.61 Å². The maximum Gasteiger partial charge on any atom is 0.119 e. The lowest BCUT2D eigenvalue weighted by molar-refractivity contribution is 0.203. The molecule has 1 nitrogen and oxygen atoms in total. The Morgan fingerprint density at radius 2 is 1.53 bits per heavy atom. The first-order valence-corrected chi connectivity index (χ1v) is 7.16. The summed E-state index contributed by atoms with van der Waals surface area (Å²) >= 11 is 3.50. The largest absolute Gasteiger partial charge is 0.493 e. The van der Waals surface area contributed by atoms with E-state index in [2.05, 4.69) is 74.8 Å². The van der Waals surface area contributed by atoms with Gasteiger partial charge in [0.25, 0.3) is 0 Å². The average Bonchev–Trinajstić information content (AvgIpc) is 2.26. The second kappa shape index (κ2) is 5.43. The standard InChI is InChI=1S/C15H23BrO/c1-14(2,3)12-6-8-13(9-7-12)17-11-15(4,5)10-16/h6-9H,10-11H2,1-5H3. The van der Waals surface area contributed by atoms with Crippen molar-refractivity contribution in [2.45, 2.75) is 40.0 Å². The Bertz CT molecular complexity index is 346. The van der Waals surface area contributed by atoms with E-state index in [0.29, 0.717) is 0 Å². The van der Waals surface area contributed by atoms with Gasteiger partial charge in [0, 0.05) is 10.7 Å². The van der Waals surface area contributed by atoms with E-state index in [-0.39, 0.29) is 10.8 Å². The Balaban J connectivity index is 2.64. The summed E-state index contributed by atoms with van der Waals surface area (Å²) in [6, 6.07) is 8.42. The van der Waals surface area contributed by atoms with Crippen LogP contribution in [0.2, 0.25) is 0 Å². The first-order chi connectivity index (χ1) is 7.74. The molecule has 2 heteroatoms. The summed E-state index contributed by atoms with van der Waals surface area (Å²) < 4.78 is 5.80. The van der Waals surface area contributed by atoms with Crippen LogP contribution in [-0.2, 0) is 5.41 Å². The van der Waals surface area contributed by atoms with Crippen LogP contribution in [0, 0.1) is 5.41 Å². The van der Waals surface area contributed by atoms with E-state index >= 15 is 0 Å². The van der Waals surface area contributed by atoms with Crippen LogP contribution in [0.3, 0.4) is 0 Å². The first-order valence-electron chi connectivity index (χ1n) is 6.04. The molecule has 0 fully saturated rings. The zero-order chi connectivity index (χ0) is 13.1. The number of hydrogen-bond acceptors (Lipinski definition) is 1. The van der Waals surface area contributed by atoms with E-state index in [4.69, 9.17) is 4.74 Å². The lowest BCUT2D eigenvalue weighted by Crippen LogP contribution is -2.22. The van der Waals surface area contributed by atoms with Crippen molar-refractivity contribution in [2.24, 2.45) is 5.41 Å². The second-order valence-electron chi connectivity index (χ2n) is 6.36. The normalized spacial score (nSPS) is 12.6. The topological polar surface area (TPSA) is 9.23 Å². The zero-order valence-corrected chi connectivity index (χ0v) is 13.1. The highest BCUT2D eigenvalue weighted by molar-refractivity contribution is 9.09. The van der Waals surface area contributed by atoms with Crippen LogP contribution < -0.4 is 4.74 Å². The molecular weight excluding hydrogens is 276 g/mol. The predicted molar refractivity (Wildman–Crippen MR) is 78.2 cm³/mol. The van der Waals surface area contributed by atoms with Crippen molar-refractivity contribution in [1.82, 2.24) is 0 Å². The highest BCUT2D eigenvalue weighted by Crippen LogP contribution is 2.25. The molecular formula is C15H23BrO. The fourth-order valence-corrected chi connectivity index (χ4v) is 1.53. The third kappa shape index (κ3) is 4.71. The van der Waals surface area contributed by atoms with Gasteiger partial charge in [-0.2, -0.15) is 0 Å². The summed E-state index contributed by atoms with van der Waals surface area (Å²) in [4.78, 5) is 0. The highest BCUT2D eigenvalue weighted by Gasteiger charge is 2.17. The summed E-state index contributed by atoms with van der Waals surface area (Å²) in [5.41, 5.74) is 1.71. The Labute approximate surface area is 114 Å². The zero-order valence-electron chi connectivity index (χ0n) is 11.5. The van der Waals surface area contributed by atoms with Crippen molar-refractivity contribution in [3.63, 3.8) is 0 Å². The molecule has 0 spiro atoms. The molecule has 0 saturated carbocycles. The molecule has 1 aromatic carbocycles. The van der Waals surface area contributed by atoms with Crippen LogP contribution in [0.25, 0.3) is 0 Å². The highest BCUT2D eigenvalue weighted by atomic mass is 79.9. The van der Waals surface area contributed by atoms with Gasteiger partial charge in [0.2, 0.25) is 0 Å². The van der Waals surface area contributed by atoms with Gasteiger partial charge in [-0.3, -0.25) is 0 Å². The Kier molecular flexibility index (Phi) is 4.65. The smallest absolute Gasteiger partial charge is 0.119 e. The molecule has 0 heterocycles. The maximum atomic E-state index is 5.80. The fraction of sp³-hybridized carbons (Fsp3) is 0.600. The molecule has 0 aliphatic heterocycles. The molecule has 96 valence electrons. The van der Waals surface area contributed by atoms with Crippen molar-refractivity contribution < 1.29 is 4.74 Å². The lowest BCUT2D eigenvalue weighted by Gasteiger charge is -2.23. The minimum atomic E-state index is 0.169. The van der Waals surface area contributed by atoms with Gasteiger partial charge in [-0.15, -0.1) is 0 Å². The van der Waals surface area contributed by atoms with E-state index in [1.165, 1.54) is 5.56 Å². The number of ether oxygens (including phenoxy) is 1. The third-order valence-corrected chi connectivity index (χ3v) is 4.23.